The predicted molar refractivity (Wildman–Crippen MR) is 82.8 cm³/mol. The summed E-state index contributed by atoms with van der Waals surface area (Å²) < 4.78 is 0. The molecule has 0 aliphatic rings. The molecule has 1 atom stereocenters. The van der Waals surface area contributed by atoms with Crippen molar-refractivity contribution >= 4 is 24.2 Å². The zero-order valence-corrected chi connectivity index (χ0v) is 11.8. The topological polar surface area (TPSA) is 20.3 Å². The standard InChI is InChI=1S/C16H17NOS/c1-17(14-10-6-3-7-11-14)16(18)15(19)12-13-8-4-2-5-9-13/h2-11,15,19H,12H2,1H3. The molecule has 19 heavy (non-hydrogen) atoms. The minimum atomic E-state index is -0.326. The number of carbonyl (C=O) groups is 1. The second-order valence-corrected chi connectivity index (χ2v) is 5.06. The van der Waals surface area contributed by atoms with Crippen LogP contribution in [0, 0.1) is 0 Å². The number of nitrogens with zero attached hydrogens (tertiary/aromatic N) is 1. The average Bonchev–Trinajstić information content (AvgIpc) is 2.47. The third-order valence-electron chi connectivity index (χ3n) is 3.03. The number of thiol groups is 1. The molecular formula is C16H17NOS. The minimum absolute atomic E-state index is 0.0124. The monoisotopic (exact) mass is 271 g/mol. The molecule has 3 heteroatoms. The van der Waals surface area contributed by atoms with E-state index in [0.29, 0.717) is 6.42 Å². The second kappa shape index (κ2) is 6.43. The lowest BCUT2D eigenvalue weighted by Gasteiger charge is -2.21. The summed E-state index contributed by atoms with van der Waals surface area (Å²) in [6.45, 7) is 0. The summed E-state index contributed by atoms with van der Waals surface area (Å²) in [5.41, 5.74) is 2.01. The lowest BCUT2D eigenvalue weighted by atomic mass is 10.1. The Kier molecular flexibility index (Phi) is 4.63. The van der Waals surface area contributed by atoms with E-state index >= 15 is 0 Å². The molecule has 0 aromatic heterocycles. The van der Waals surface area contributed by atoms with Gasteiger partial charge in [0, 0.05) is 12.7 Å². The van der Waals surface area contributed by atoms with Gasteiger partial charge in [0.15, 0.2) is 0 Å². The van der Waals surface area contributed by atoms with Crippen LogP contribution in [0.4, 0.5) is 5.69 Å². The zero-order valence-electron chi connectivity index (χ0n) is 10.9. The number of anilines is 1. The van der Waals surface area contributed by atoms with Crippen LogP contribution in [0.15, 0.2) is 60.7 Å². The van der Waals surface area contributed by atoms with E-state index in [2.05, 4.69) is 12.6 Å². The molecular weight excluding hydrogens is 254 g/mol. The van der Waals surface area contributed by atoms with Crippen LogP contribution in [0.25, 0.3) is 0 Å². The van der Waals surface area contributed by atoms with Gasteiger partial charge in [-0.05, 0) is 24.1 Å². The van der Waals surface area contributed by atoms with Crippen LogP contribution in [0.1, 0.15) is 5.56 Å². The first-order valence-corrected chi connectivity index (χ1v) is 6.74. The van der Waals surface area contributed by atoms with Gasteiger partial charge in [0.25, 0.3) is 0 Å². The van der Waals surface area contributed by atoms with Crippen LogP contribution >= 0.6 is 12.6 Å². The fourth-order valence-corrected chi connectivity index (χ4v) is 2.31. The normalized spacial score (nSPS) is 11.9. The maximum Gasteiger partial charge on any atom is 0.239 e. The summed E-state index contributed by atoms with van der Waals surface area (Å²) in [5, 5.41) is -0.326. The number of benzene rings is 2. The van der Waals surface area contributed by atoms with Crippen molar-refractivity contribution in [1.82, 2.24) is 0 Å². The molecule has 0 radical (unpaired) electrons. The van der Waals surface area contributed by atoms with Crippen LogP contribution in [-0.2, 0) is 11.2 Å². The Hall–Kier alpha value is -1.74. The molecule has 1 amide bonds. The molecule has 0 N–H and O–H groups in total. The SMILES string of the molecule is CN(C(=O)C(S)Cc1ccccc1)c1ccccc1. The summed E-state index contributed by atoms with van der Waals surface area (Å²) in [5.74, 6) is 0.0124. The number of hydrogen-bond donors (Lipinski definition) is 1. The smallest absolute Gasteiger partial charge is 0.239 e. The summed E-state index contributed by atoms with van der Waals surface area (Å²) >= 11 is 4.43. The molecule has 2 aromatic rings. The highest BCUT2D eigenvalue weighted by Crippen LogP contribution is 2.16. The van der Waals surface area contributed by atoms with Gasteiger partial charge in [0.05, 0.1) is 5.25 Å². The van der Waals surface area contributed by atoms with Crippen LogP contribution in [-0.4, -0.2) is 18.2 Å². The van der Waals surface area contributed by atoms with E-state index in [1.807, 2.05) is 60.7 Å². The number of para-hydroxylation sites is 1. The van der Waals surface area contributed by atoms with Gasteiger partial charge in [-0.25, -0.2) is 0 Å². The van der Waals surface area contributed by atoms with Crippen LogP contribution in [0.5, 0.6) is 0 Å². The first kappa shape index (κ1) is 13.7. The molecule has 0 aliphatic carbocycles. The summed E-state index contributed by atoms with van der Waals surface area (Å²) in [6, 6.07) is 19.6. The molecule has 0 fully saturated rings. The van der Waals surface area contributed by atoms with Gasteiger partial charge in [-0.3, -0.25) is 4.79 Å². The van der Waals surface area contributed by atoms with Gasteiger partial charge in [-0.15, -0.1) is 0 Å². The van der Waals surface area contributed by atoms with Gasteiger partial charge in [-0.2, -0.15) is 12.6 Å². The highest BCUT2D eigenvalue weighted by Gasteiger charge is 2.19. The van der Waals surface area contributed by atoms with Crippen LogP contribution in [0.3, 0.4) is 0 Å². The average molecular weight is 271 g/mol. The van der Waals surface area contributed by atoms with Gasteiger partial charge in [0.2, 0.25) is 5.91 Å². The Bertz CT molecular complexity index is 527. The molecule has 0 heterocycles. The lowest BCUT2D eigenvalue weighted by molar-refractivity contribution is -0.117. The highest BCUT2D eigenvalue weighted by molar-refractivity contribution is 7.81. The number of rotatable bonds is 4. The molecule has 0 bridgehead atoms. The number of carbonyl (C=O) groups excluding carboxylic acids is 1. The Morgan fingerprint density at radius 1 is 1.05 bits per heavy atom. The van der Waals surface area contributed by atoms with Crippen molar-refractivity contribution in [3.8, 4) is 0 Å². The molecule has 0 spiro atoms. The van der Waals surface area contributed by atoms with Crippen LogP contribution < -0.4 is 4.90 Å². The molecule has 98 valence electrons. The maximum absolute atomic E-state index is 12.3. The van der Waals surface area contributed by atoms with Crippen molar-refractivity contribution in [3.63, 3.8) is 0 Å². The third kappa shape index (κ3) is 3.61. The van der Waals surface area contributed by atoms with E-state index in [-0.39, 0.29) is 11.2 Å². The molecule has 0 aliphatic heterocycles. The summed E-state index contributed by atoms with van der Waals surface area (Å²) in [4.78, 5) is 14.0. The highest BCUT2D eigenvalue weighted by atomic mass is 32.1. The fourth-order valence-electron chi connectivity index (χ4n) is 1.93. The molecule has 2 aromatic carbocycles. The second-order valence-electron chi connectivity index (χ2n) is 4.44. The summed E-state index contributed by atoms with van der Waals surface area (Å²) in [7, 11) is 1.78. The van der Waals surface area contributed by atoms with Crippen LogP contribution in [0.2, 0.25) is 0 Å². The Morgan fingerprint density at radius 2 is 1.58 bits per heavy atom. The largest absolute Gasteiger partial charge is 0.315 e. The van der Waals surface area contributed by atoms with Crippen molar-refractivity contribution in [3.05, 3.63) is 66.2 Å². The quantitative estimate of drug-likeness (QED) is 0.847. The lowest BCUT2D eigenvalue weighted by Crippen LogP contribution is -2.34. The molecule has 1 unspecified atom stereocenters. The van der Waals surface area contributed by atoms with Gasteiger partial charge in [-0.1, -0.05) is 48.5 Å². The third-order valence-corrected chi connectivity index (χ3v) is 3.43. The van der Waals surface area contributed by atoms with Crippen molar-refractivity contribution in [2.75, 3.05) is 11.9 Å². The molecule has 0 saturated carbocycles. The first-order valence-electron chi connectivity index (χ1n) is 6.23. The Morgan fingerprint density at radius 3 is 2.16 bits per heavy atom. The van der Waals surface area contributed by atoms with Gasteiger partial charge in [0.1, 0.15) is 0 Å². The minimum Gasteiger partial charge on any atom is -0.315 e. The zero-order chi connectivity index (χ0) is 13.7. The number of amides is 1. The fraction of sp³-hybridized carbons (Fsp3) is 0.188. The van der Waals surface area contributed by atoms with Gasteiger partial charge < -0.3 is 4.90 Å². The van der Waals surface area contributed by atoms with Crippen molar-refractivity contribution in [2.24, 2.45) is 0 Å². The number of hydrogen-bond acceptors (Lipinski definition) is 2. The molecule has 2 nitrogen and oxygen atoms in total. The van der Waals surface area contributed by atoms with E-state index in [0.717, 1.165) is 11.3 Å². The van der Waals surface area contributed by atoms with Crippen molar-refractivity contribution in [2.45, 2.75) is 11.7 Å². The van der Waals surface area contributed by atoms with E-state index in [1.165, 1.54) is 0 Å². The first-order chi connectivity index (χ1) is 9.18. The van der Waals surface area contributed by atoms with E-state index < -0.39 is 0 Å². The summed E-state index contributed by atoms with van der Waals surface area (Å²) in [6.07, 6.45) is 0.639. The molecule has 0 saturated heterocycles. The molecule has 2 rings (SSSR count). The predicted octanol–water partition coefficient (Wildman–Crippen LogP) is 3.19. The van der Waals surface area contributed by atoms with E-state index in [9.17, 15) is 4.79 Å². The van der Waals surface area contributed by atoms with Gasteiger partial charge >= 0.3 is 0 Å². The van der Waals surface area contributed by atoms with Crippen molar-refractivity contribution < 1.29 is 4.79 Å². The van der Waals surface area contributed by atoms with E-state index in [4.69, 9.17) is 0 Å². The van der Waals surface area contributed by atoms with E-state index in [1.54, 1.807) is 11.9 Å². The Labute approximate surface area is 119 Å². The Balaban J connectivity index is 2.03. The van der Waals surface area contributed by atoms with Crippen molar-refractivity contribution in [1.29, 1.82) is 0 Å². The maximum atomic E-state index is 12.3.